The van der Waals surface area contributed by atoms with Gasteiger partial charge in [0.15, 0.2) is 5.69 Å². The SMILES string of the molecule is C=S1CCN(C(=O)C(NC(=O)c2n[nH]c3ccccc23)C(C)(C)C)CC1. The molecule has 3 rings (SSSR count). The highest BCUT2D eigenvalue weighted by Crippen LogP contribution is 2.25. The van der Waals surface area contributed by atoms with Crippen molar-refractivity contribution in [3.63, 3.8) is 0 Å². The molecule has 1 aromatic heterocycles. The van der Waals surface area contributed by atoms with Crippen molar-refractivity contribution in [2.24, 2.45) is 5.41 Å². The van der Waals surface area contributed by atoms with Crippen LogP contribution in [0.1, 0.15) is 31.3 Å². The van der Waals surface area contributed by atoms with Gasteiger partial charge in [-0.3, -0.25) is 14.7 Å². The van der Waals surface area contributed by atoms with Crippen LogP contribution in [0.4, 0.5) is 0 Å². The molecule has 2 heterocycles. The number of amides is 2. The maximum atomic E-state index is 13.1. The number of carbonyl (C=O) groups excluding carboxylic acids is 2. The average molecular weight is 375 g/mol. The van der Waals surface area contributed by atoms with Crippen LogP contribution in [0.5, 0.6) is 0 Å². The monoisotopic (exact) mass is 374 g/mol. The maximum Gasteiger partial charge on any atom is 0.273 e. The Labute approximate surface area is 156 Å². The van der Waals surface area contributed by atoms with Crippen LogP contribution in [-0.2, 0) is 4.79 Å². The number of benzene rings is 1. The van der Waals surface area contributed by atoms with Crippen LogP contribution in [0.25, 0.3) is 10.9 Å². The standard InChI is InChI=1S/C19H26N4O2S/c1-19(2,3)16(18(25)23-9-11-26(4)12-10-23)20-17(24)15-13-7-5-6-8-14(13)21-22-15/h5-8,16H,4,9-12H2,1-3H3,(H,20,24)(H,21,22). The second-order valence-electron chi connectivity index (χ2n) is 7.74. The van der Waals surface area contributed by atoms with Gasteiger partial charge in [-0.15, -0.1) is 0 Å². The molecule has 26 heavy (non-hydrogen) atoms. The van der Waals surface area contributed by atoms with Gasteiger partial charge >= 0.3 is 0 Å². The summed E-state index contributed by atoms with van der Waals surface area (Å²) in [7, 11) is 0.142. The van der Waals surface area contributed by atoms with Gasteiger partial charge in [0, 0.05) is 30.0 Å². The van der Waals surface area contributed by atoms with Crippen molar-refractivity contribution in [3.8, 4) is 0 Å². The molecule has 2 amide bonds. The van der Waals surface area contributed by atoms with Gasteiger partial charge in [-0.2, -0.15) is 15.6 Å². The lowest BCUT2D eigenvalue weighted by Gasteiger charge is -2.37. The van der Waals surface area contributed by atoms with Crippen molar-refractivity contribution in [1.29, 1.82) is 0 Å². The van der Waals surface area contributed by atoms with Crippen molar-refractivity contribution < 1.29 is 9.59 Å². The van der Waals surface area contributed by atoms with Crippen LogP contribution in [0.2, 0.25) is 0 Å². The lowest BCUT2D eigenvalue weighted by molar-refractivity contribution is -0.135. The third-order valence-corrected chi connectivity index (χ3v) is 6.21. The van der Waals surface area contributed by atoms with Gasteiger partial charge < -0.3 is 10.2 Å². The molecule has 7 heteroatoms. The lowest BCUT2D eigenvalue weighted by atomic mass is 9.85. The van der Waals surface area contributed by atoms with Crippen LogP contribution in [0.15, 0.2) is 24.3 Å². The van der Waals surface area contributed by atoms with Gasteiger partial charge in [-0.25, -0.2) is 0 Å². The molecule has 1 aliphatic heterocycles. The summed E-state index contributed by atoms with van der Waals surface area (Å²) < 4.78 is 0. The van der Waals surface area contributed by atoms with E-state index in [1.54, 1.807) is 0 Å². The smallest absolute Gasteiger partial charge is 0.273 e. The van der Waals surface area contributed by atoms with Gasteiger partial charge in [0.2, 0.25) is 5.91 Å². The molecule has 1 aromatic carbocycles. The Balaban J connectivity index is 1.81. The number of hydrogen-bond acceptors (Lipinski definition) is 3. The molecule has 0 spiro atoms. The molecule has 1 fully saturated rings. The first kappa shape index (κ1) is 18.6. The first-order valence-corrected chi connectivity index (χ1v) is 10.5. The molecule has 0 bridgehead atoms. The third-order valence-electron chi connectivity index (χ3n) is 4.69. The van der Waals surface area contributed by atoms with E-state index in [1.807, 2.05) is 49.9 Å². The van der Waals surface area contributed by atoms with Gasteiger partial charge in [0.25, 0.3) is 5.91 Å². The molecule has 1 aliphatic rings. The molecule has 0 aliphatic carbocycles. The van der Waals surface area contributed by atoms with Crippen LogP contribution in [-0.4, -0.2) is 63.4 Å². The number of aromatic nitrogens is 2. The molecular weight excluding hydrogens is 348 g/mol. The largest absolute Gasteiger partial charge is 0.339 e. The molecule has 140 valence electrons. The van der Waals surface area contributed by atoms with Gasteiger partial charge in [-0.1, -0.05) is 44.8 Å². The van der Waals surface area contributed by atoms with Crippen LogP contribution >= 0.6 is 10.5 Å². The second kappa shape index (κ2) is 7.23. The van der Waals surface area contributed by atoms with E-state index in [0.29, 0.717) is 18.8 Å². The predicted octanol–water partition coefficient (Wildman–Crippen LogP) is 2.25. The number of fused-ring (bicyclic) bond motifs is 1. The number of aromatic amines is 1. The van der Waals surface area contributed by atoms with Crippen molar-refractivity contribution in [2.45, 2.75) is 26.8 Å². The Morgan fingerprint density at radius 1 is 1.27 bits per heavy atom. The van der Waals surface area contributed by atoms with E-state index in [4.69, 9.17) is 0 Å². The van der Waals surface area contributed by atoms with Gasteiger partial charge in [0.05, 0.1) is 5.52 Å². The second-order valence-corrected chi connectivity index (χ2v) is 9.78. The van der Waals surface area contributed by atoms with E-state index in [9.17, 15) is 9.59 Å². The number of hydrogen-bond donors (Lipinski definition) is 2. The van der Waals surface area contributed by atoms with E-state index in [2.05, 4.69) is 21.4 Å². The topological polar surface area (TPSA) is 78.1 Å². The molecular formula is C19H26N4O2S. The molecule has 1 saturated heterocycles. The molecule has 1 unspecified atom stereocenters. The van der Waals surface area contributed by atoms with E-state index in [0.717, 1.165) is 22.4 Å². The Bertz CT molecular complexity index is 843. The zero-order chi connectivity index (χ0) is 18.9. The normalized spacial score (nSPS) is 17.3. The predicted molar refractivity (Wildman–Crippen MR) is 108 cm³/mol. The third kappa shape index (κ3) is 3.82. The number of H-pyrrole nitrogens is 1. The van der Waals surface area contributed by atoms with E-state index in [-0.39, 0.29) is 22.3 Å². The fourth-order valence-electron chi connectivity index (χ4n) is 3.08. The van der Waals surface area contributed by atoms with E-state index < -0.39 is 11.5 Å². The number of rotatable bonds is 3. The highest BCUT2D eigenvalue weighted by molar-refractivity contribution is 8.14. The van der Waals surface area contributed by atoms with Crippen LogP contribution in [0, 0.1) is 5.41 Å². The van der Waals surface area contributed by atoms with Crippen molar-refractivity contribution in [3.05, 3.63) is 30.0 Å². The summed E-state index contributed by atoms with van der Waals surface area (Å²) in [6.45, 7) is 7.32. The summed E-state index contributed by atoms with van der Waals surface area (Å²) in [5, 5.41) is 10.7. The highest BCUT2D eigenvalue weighted by atomic mass is 32.2. The quantitative estimate of drug-likeness (QED) is 0.809. The summed E-state index contributed by atoms with van der Waals surface area (Å²) >= 11 is 0. The van der Waals surface area contributed by atoms with Crippen molar-refractivity contribution >= 4 is 39.1 Å². The summed E-state index contributed by atoms with van der Waals surface area (Å²) in [6, 6.07) is 6.87. The minimum atomic E-state index is -0.602. The Morgan fingerprint density at radius 3 is 2.58 bits per heavy atom. The summed E-state index contributed by atoms with van der Waals surface area (Å²) in [6.07, 6.45) is 0. The number of nitrogens with zero attached hydrogens (tertiary/aromatic N) is 2. The highest BCUT2D eigenvalue weighted by Gasteiger charge is 2.36. The zero-order valence-electron chi connectivity index (χ0n) is 15.5. The average Bonchev–Trinajstić information content (AvgIpc) is 3.03. The molecule has 2 aromatic rings. The Morgan fingerprint density at radius 2 is 1.92 bits per heavy atom. The molecule has 0 radical (unpaired) electrons. The maximum absolute atomic E-state index is 13.1. The van der Waals surface area contributed by atoms with E-state index >= 15 is 0 Å². The Hall–Kier alpha value is -2.15. The molecule has 2 N–H and O–H groups in total. The fourth-order valence-corrected chi connectivity index (χ4v) is 4.24. The van der Waals surface area contributed by atoms with Gasteiger partial charge in [0.1, 0.15) is 6.04 Å². The molecule has 1 atom stereocenters. The number of carbonyl (C=O) groups is 2. The van der Waals surface area contributed by atoms with Gasteiger partial charge in [-0.05, 0) is 11.5 Å². The zero-order valence-corrected chi connectivity index (χ0v) is 16.4. The Kier molecular flexibility index (Phi) is 5.18. The van der Waals surface area contributed by atoms with E-state index in [1.165, 1.54) is 0 Å². The molecule has 6 nitrogen and oxygen atoms in total. The first-order valence-electron chi connectivity index (χ1n) is 8.77. The van der Waals surface area contributed by atoms with Crippen LogP contribution < -0.4 is 5.32 Å². The van der Waals surface area contributed by atoms with Crippen molar-refractivity contribution in [2.75, 3.05) is 24.6 Å². The first-order chi connectivity index (χ1) is 12.3. The summed E-state index contributed by atoms with van der Waals surface area (Å²) in [5.41, 5.74) is 0.720. The number of nitrogens with one attached hydrogen (secondary N) is 2. The summed E-state index contributed by atoms with van der Waals surface area (Å²) in [4.78, 5) is 27.8. The van der Waals surface area contributed by atoms with Crippen LogP contribution in [0.3, 0.4) is 0 Å². The van der Waals surface area contributed by atoms with Crippen molar-refractivity contribution in [1.82, 2.24) is 20.4 Å². The summed E-state index contributed by atoms with van der Waals surface area (Å²) in [5.74, 6) is 5.61. The molecule has 0 saturated carbocycles. The lowest BCUT2D eigenvalue weighted by Crippen LogP contribution is -2.56. The number of para-hydroxylation sites is 1. The fraction of sp³-hybridized carbons (Fsp3) is 0.474. The minimum absolute atomic E-state index is 0.0256. The minimum Gasteiger partial charge on any atom is -0.339 e.